The summed E-state index contributed by atoms with van der Waals surface area (Å²) >= 11 is 5.89. The Kier molecular flexibility index (Phi) is 6.38. The summed E-state index contributed by atoms with van der Waals surface area (Å²) in [4.78, 5) is 12.6. The van der Waals surface area contributed by atoms with E-state index in [0.29, 0.717) is 48.3 Å². The standard InChI is InChI=1S/C21H20ClN3O5S/c22-17-5-1-15(2-6-17)20-13-18(24-30-20)14-23-21(26)16-3-7-19(8-4-16)31(27,28)25-9-11-29-12-10-25/h1-8,13H,9-12,14H2,(H,23,26). The minimum Gasteiger partial charge on any atom is -0.379 e. The van der Waals surface area contributed by atoms with Crippen molar-refractivity contribution in [1.82, 2.24) is 14.8 Å². The number of benzene rings is 2. The Bertz CT molecular complexity index is 1150. The fourth-order valence-electron chi connectivity index (χ4n) is 3.13. The summed E-state index contributed by atoms with van der Waals surface area (Å²) in [5, 5.41) is 7.34. The van der Waals surface area contributed by atoms with Gasteiger partial charge in [0.25, 0.3) is 5.91 Å². The number of nitrogens with zero attached hydrogens (tertiary/aromatic N) is 2. The summed E-state index contributed by atoms with van der Waals surface area (Å²) < 4.78 is 37.2. The van der Waals surface area contributed by atoms with Crippen LogP contribution in [0, 0.1) is 0 Å². The van der Waals surface area contributed by atoms with Gasteiger partial charge in [0.1, 0.15) is 5.69 Å². The Balaban J connectivity index is 1.37. The Morgan fingerprint density at radius 2 is 1.74 bits per heavy atom. The van der Waals surface area contributed by atoms with Gasteiger partial charge in [-0.15, -0.1) is 0 Å². The SMILES string of the molecule is O=C(NCc1cc(-c2ccc(Cl)cc2)on1)c1ccc(S(=O)(=O)N2CCOCC2)cc1. The molecular weight excluding hydrogens is 442 g/mol. The van der Waals surface area contributed by atoms with Gasteiger partial charge in [0, 0.05) is 35.3 Å². The number of carbonyl (C=O) groups excluding carboxylic acids is 1. The first kappa shape index (κ1) is 21.5. The number of rotatable bonds is 6. The first-order chi connectivity index (χ1) is 14.9. The van der Waals surface area contributed by atoms with Crippen LogP contribution in [0.15, 0.2) is 64.0 Å². The smallest absolute Gasteiger partial charge is 0.251 e. The van der Waals surface area contributed by atoms with Gasteiger partial charge in [0.05, 0.1) is 24.7 Å². The maximum absolute atomic E-state index is 12.7. The zero-order valence-corrected chi connectivity index (χ0v) is 18.0. The number of aromatic nitrogens is 1. The maximum Gasteiger partial charge on any atom is 0.251 e. The van der Waals surface area contributed by atoms with Gasteiger partial charge in [0.2, 0.25) is 10.0 Å². The van der Waals surface area contributed by atoms with Crippen molar-refractivity contribution in [1.29, 1.82) is 0 Å². The van der Waals surface area contributed by atoms with Crippen LogP contribution in [0.5, 0.6) is 0 Å². The molecule has 0 saturated carbocycles. The molecule has 1 saturated heterocycles. The Hall–Kier alpha value is -2.72. The number of sulfonamides is 1. The van der Waals surface area contributed by atoms with Gasteiger partial charge in [-0.2, -0.15) is 4.31 Å². The average Bonchev–Trinajstić information content (AvgIpc) is 3.28. The first-order valence-electron chi connectivity index (χ1n) is 9.61. The van der Waals surface area contributed by atoms with Crippen molar-refractivity contribution < 1.29 is 22.5 Å². The van der Waals surface area contributed by atoms with Crippen LogP contribution in [-0.4, -0.2) is 50.1 Å². The van der Waals surface area contributed by atoms with Crippen LogP contribution in [-0.2, 0) is 21.3 Å². The third-order valence-electron chi connectivity index (χ3n) is 4.84. The molecule has 0 unspecified atom stereocenters. The summed E-state index contributed by atoms with van der Waals surface area (Å²) in [6.45, 7) is 1.56. The van der Waals surface area contributed by atoms with E-state index >= 15 is 0 Å². The van der Waals surface area contributed by atoms with Crippen molar-refractivity contribution in [2.24, 2.45) is 0 Å². The predicted molar refractivity (Wildman–Crippen MR) is 114 cm³/mol. The van der Waals surface area contributed by atoms with Crippen molar-refractivity contribution in [3.8, 4) is 11.3 Å². The fraction of sp³-hybridized carbons (Fsp3) is 0.238. The molecular formula is C21H20ClN3O5S. The third-order valence-corrected chi connectivity index (χ3v) is 7.01. The highest BCUT2D eigenvalue weighted by molar-refractivity contribution is 7.89. The van der Waals surface area contributed by atoms with Crippen LogP contribution in [0.3, 0.4) is 0 Å². The lowest BCUT2D eigenvalue weighted by molar-refractivity contribution is 0.0730. The Labute approximate surface area is 184 Å². The van der Waals surface area contributed by atoms with Crippen LogP contribution in [0.4, 0.5) is 0 Å². The number of ether oxygens (including phenoxy) is 1. The second-order valence-corrected chi connectivity index (χ2v) is 9.29. The van der Waals surface area contributed by atoms with Crippen molar-refractivity contribution in [2.75, 3.05) is 26.3 Å². The highest BCUT2D eigenvalue weighted by Crippen LogP contribution is 2.22. The number of halogens is 1. The van der Waals surface area contributed by atoms with E-state index in [4.69, 9.17) is 20.9 Å². The molecule has 0 spiro atoms. The molecule has 2 aromatic carbocycles. The molecule has 162 valence electrons. The van der Waals surface area contributed by atoms with Gasteiger partial charge in [-0.3, -0.25) is 4.79 Å². The lowest BCUT2D eigenvalue weighted by Gasteiger charge is -2.26. The molecule has 0 radical (unpaired) electrons. The number of carbonyl (C=O) groups is 1. The van der Waals surface area contributed by atoms with E-state index in [1.807, 2.05) is 12.1 Å². The van der Waals surface area contributed by atoms with Crippen molar-refractivity contribution in [3.63, 3.8) is 0 Å². The number of amides is 1. The Morgan fingerprint density at radius 3 is 2.42 bits per heavy atom. The highest BCUT2D eigenvalue weighted by atomic mass is 35.5. The molecule has 1 aromatic heterocycles. The van der Waals surface area contributed by atoms with Crippen LogP contribution >= 0.6 is 11.6 Å². The summed E-state index contributed by atoms with van der Waals surface area (Å²) in [5.41, 5.74) is 1.73. The second-order valence-electron chi connectivity index (χ2n) is 6.91. The molecule has 0 bridgehead atoms. The van der Waals surface area contributed by atoms with Gasteiger partial charge in [-0.25, -0.2) is 8.42 Å². The quantitative estimate of drug-likeness (QED) is 0.605. The molecule has 8 nitrogen and oxygen atoms in total. The zero-order valence-electron chi connectivity index (χ0n) is 16.5. The van der Waals surface area contributed by atoms with Gasteiger partial charge in [-0.05, 0) is 48.5 Å². The normalized spacial score (nSPS) is 15.0. The van der Waals surface area contributed by atoms with E-state index in [0.717, 1.165) is 5.56 Å². The van der Waals surface area contributed by atoms with E-state index in [-0.39, 0.29) is 17.3 Å². The lowest BCUT2D eigenvalue weighted by Crippen LogP contribution is -2.40. The second kappa shape index (κ2) is 9.19. The lowest BCUT2D eigenvalue weighted by atomic mass is 10.1. The van der Waals surface area contributed by atoms with E-state index in [2.05, 4.69) is 10.5 Å². The molecule has 0 atom stereocenters. The van der Waals surface area contributed by atoms with Crippen LogP contribution in [0.2, 0.25) is 5.02 Å². The minimum atomic E-state index is -3.60. The van der Waals surface area contributed by atoms with Crippen molar-refractivity contribution in [3.05, 3.63) is 70.9 Å². The van der Waals surface area contributed by atoms with Crippen LogP contribution < -0.4 is 5.32 Å². The number of morpholine rings is 1. The monoisotopic (exact) mass is 461 g/mol. The van der Waals surface area contributed by atoms with Gasteiger partial charge >= 0.3 is 0 Å². The van der Waals surface area contributed by atoms with Gasteiger partial charge in [-0.1, -0.05) is 16.8 Å². The third kappa shape index (κ3) is 4.96. The predicted octanol–water partition coefficient (Wildman–Crippen LogP) is 2.95. The molecule has 1 aliphatic heterocycles. The summed E-state index contributed by atoms with van der Waals surface area (Å²) in [5.74, 6) is 0.227. The van der Waals surface area contributed by atoms with Crippen LogP contribution in [0.25, 0.3) is 11.3 Å². The van der Waals surface area contributed by atoms with Crippen LogP contribution in [0.1, 0.15) is 16.1 Å². The molecule has 2 heterocycles. The molecule has 1 aliphatic rings. The van der Waals surface area contributed by atoms with E-state index in [1.165, 1.54) is 28.6 Å². The molecule has 10 heteroatoms. The first-order valence-corrected chi connectivity index (χ1v) is 11.4. The molecule has 0 aliphatic carbocycles. The topological polar surface area (TPSA) is 102 Å². The Morgan fingerprint density at radius 1 is 1.06 bits per heavy atom. The zero-order chi connectivity index (χ0) is 21.8. The molecule has 31 heavy (non-hydrogen) atoms. The van der Waals surface area contributed by atoms with Crippen molar-refractivity contribution in [2.45, 2.75) is 11.4 Å². The van der Waals surface area contributed by atoms with E-state index in [9.17, 15) is 13.2 Å². The van der Waals surface area contributed by atoms with E-state index in [1.54, 1.807) is 18.2 Å². The van der Waals surface area contributed by atoms with Gasteiger partial charge < -0.3 is 14.6 Å². The fourth-order valence-corrected chi connectivity index (χ4v) is 4.67. The largest absolute Gasteiger partial charge is 0.379 e. The molecule has 3 aromatic rings. The van der Waals surface area contributed by atoms with E-state index < -0.39 is 10.0 Å². The molecule has 4 rings (SSSR count). The molecule has 1 amide bonds. The average molecular weight is 462 g/mol. The number of hydrogen-bond donors (Lipinski definition) is 1. The van der Waals surface area contributed by atoms with Gasteiger partial charge in [0.15, 0.2) is 5.76 Å². The minimum absolute atomic E-state index is 0.148. The number of nitrogens with one attached hydrogen (secondary N) is 1. The summed E-state index contributed by atoms with van der Waals surface area (Å²) in [6.07, 6.45) is 0. The highest BCUT2D eigenvalue weighted by Gasteiger charge is 2.26. The summed E-state index contributed by atoms with van der Waals surface area (Å²) in [7, 11) is -3.60. The maximum atomic E-state index is 12.7. The van der Waals surface area contributed by atoms with Crippen molar-refractivity contribution >= 4 is 27.5 Å². The molecule has 1 fully saturated rings. The number of hydrogen-bond acceptors (Lipinski definition) is 6. The molecule has 1 N–H and O–H groups in total. The summed E-state index contributed by atoms with van der Waals surface area (Å²) in [6, 6.07) is 14.7.